The second-order valence-electron chi connectivity index (χ2n) is 6.60. The number of imidazole rings is 1. The molecule has 3 aromatic carbocycles. The van der Waals surface area contributed by atoms with Crippen LogP contribution in [0, 0.1) is 0 Å². The molecule has 0 aliphatic rings. The summed E-state index contributed by atoms with van der Waals surface area (Å²) in [5, 5.41) is 0. The molecule has 30 heavy (non-hydrogen) atoms. The van der Waals surface area contributed by atoms with Crippen molar-refractivity contribution >= 4 is 21.1 Å². The van der Waals surface area contributed by atoms with Crippen molar-refractivity contribution in [3.8, 4) is 22.9 Å². The van der Waals surface area contributed by atoms with E-state index in [9.17, 15) is 8.42 Å². The average molecular weight is 423 g/mol. The van der Waals surface area contributed by atoms with Gasteiger partial charge in [0.05, 0.1) is 35.7 Å². The van der Waals surface area contributed by atoms with E-state index >= 15 is 0 Å². The van der Waals surface area contributed by atoms with Gasteiger partial charge in [0, 0.05) is 12.1 Å². The minimum Gasteiger partial charge on any atom is -0.496 e. The van der Waals surface area contributed by atoms with Crippen molar-refractivity contribution in [2.45, 2.75) is 11.4 Å². The van der Waals surface area contributed by atoms with Crippen LogP contribution in [0.5, 0.6) is 11.5 Å². The van der Waals surface area contributed by atoms with Crippen LogP contribution in [-0.2, 0) is 16.6 Å². The Kier molecular flexibility index (Phi) is 5.43. The summed E-state index contributed by atoms with van der Waals surface area (Å²) in [4.78, 5) is 7.88. The molecule has 0 bridgehead atoms. The molecule has 8 heteroatoms. The molecule has 0 spiro atoms. The Morgan fingerprint density at radius 2 is 1.63 bits per heavy atom. The van der Waals surface area contributed by atoms with E-state index in [1.54, 1.807) is 36.4 Å². The average Bonchev–Trinajstić information content (AvgIpc) is 3.21. The molecule has 0 atom stereocenters. The maximum absolute atomic E-state index is 12.9. The van der Waals surface area contributed by atoms with Crippen molar-refractivity contribution in [3.63, 3.8) is 0 Å². The highest BCUT2D eigenvalue weighted by atomic mass is 32.2. The number of sulfonamides is 1. The van der Waals surface area contributed by atoms with Crippen LogP contribution in [0.4, 0.5) is 0 Å². The lowest BCUT2D eigenvalue weighted by Gasteiger charge is -2.14. The lowest BCUT2D eigenvalue weighted by Crippen LogP contribution is -2.23. The number of methoxy groups -OCH3 is 2. The SMILES string of the molecule is COc1cccc(OC)c1CNS(=O)(=O)c1ccc2nc(-c3ccccc3)[nH]c2c1. The first-order valence-corrected chi connectivity index (χ1v) is 10.7. The van der Waals surface area contributed by atoms with Gasteiger partial charge in [0.15, 0.2) is 0 Å². The minimum absolute atomic E-state index is 0.0335. The molecule has 0 saturated heterocycles. The lowest BCUT2D eigenvalue weighted by molar-refractivity contribution is 0.384. The number of rotatable bonds is 7. The fraction of sp³-hybridized carbons (Fsp3) is 0.136. The van der Waals surface area contributed by atoms with E-state index in [0.29, 0.717) is 33.9 Å². The molecular formula is C22H21N3O4S. The van der Waals surface area contributed by atoms with Crippen molar-refractivity contribution in [3.05, 3.63) is 72.3 Å². The number of benzene rings is 3. The predicted octanol–water partition coefficient (Wildman–Crippen LogP) is 3.73. The van der Waals surface area contributed by atoms with Crippen LogP contribution in [0.25, 0.3) is 22.4 Å². The molecule has 1 heterocycles. The molecule has 0 saturated carbocycles. The van der Waals surface area contributed by atoms with E-state index in [-0.39, 0.29) is 11.4 Å². The minimum atomic E-state index is -3.76. The van der Waals surface area contributed by atoms with E-state index in [2.05, 4.69) is 14.7 Å². The van der Waals surface area contributed by atoms with Crippen molar-refractivity contribution in [1.82, 2.24) is 14.7 Å². The summed E-state index contributed by atoms with van der Waals surface area (Å²) in [7, 11) is -0.702. The van der Waals surface area contributed by atoms with Gasteiger partial charge in [-0.2, -0.15) is 0 Å². The number of aromatic amines is 1. The first kappa shape index (κ1) is 19.9. The Labute approximate surface area is 174 Å². The zero-order valence-electron chi connectivity index (χ0n) is 16.5. The second kappa shape index (κ2) is 8.17. The van der Waals surface area contributed by atoms with Crippen molar-refractivity contribution in [1.29, 1.82) is 0 Å². The van der Waals surface area contributed by atoms with Gasteiger partial charge in [-0.15, -0.1) is 0 Å². The number of hydrogen-bond acceptors (Lipinski definition) is 5. The second-order valence-corrected chi connectivity index (χ2v) is 8.36. The smallest absolute Gasteiger partial charge is 0.240 e. The van der Waals surface area contributed by atoms with Gasteiger partial charge in [-0.3, -0.25) is 0 Å². The standard InChI is InChI=1S/C22H21N3O4S/c1-28-20-9-6-10-21(29-2)17(20)14-23-30(26,27)16-11-12-18-19(13-16)25-22(24-18)15-7-4-3-5-8-15/h3-13,23H,14H2,1-2H3,(H,24,25). The van der Waals surface area contributed by atoms with Crippen LogP contribution in [0.15, 0.2) is 71.6 Å². The van der Waals surface area contributed by atoms with Crippen molar-refractivity contribution < 1.29 is 17.9 Å². The molecule has 4 aromatic rings. The number of nitrogens with zero attached hydrogens (tertiary/aromatic N) is 1. The Morgan fingerprint density at radius 1 is 0.933 bits per heavy atom. The van der Waals surface area contributed by atoms with Crippen LogP contribution in [-0.4, -0.2) is 32.6 Å². The number of H-pyrrole nitrogens is 1. The number of ether oxygens (including phenoxy) is 2. The van der Waals surface area contributed by atoms with Crippen LogP contribution in [0.3, 0.4) is 0 Å². The first-order chi connectivity index (χ1) is 14.5. The fourth-order valence-electron chi connectivity index (χ4n) is 3.24. The number of hydrogen-bond donors (Lipinski definition) is 2. The van der Waals surface area contributed by atoms with E-state index in [4.69, 9.17) is 9.47 Å². The third kappa shape index (κ3) is 3.87. The fourth-order valence-corrected chi connectivity index (χ4v) is 4.26. The molecule has 1 aromatic heterocycles. The zero-order valence-corrected chi connectivity index (χ0v) is 17.4. The molecule has 0 aliphatic heterocycles. The van der Waals surface area contributed by atoms with Gasteiger partial charge in [0.1, 0.15) is 17.3 Å². The Hall–Kier alpha value is -3.36. The van der Waals surface area contributed by atoms with E-state index in [1.165, 1.54) is 14.2 Å². The summed E-state index contributed by atoms with van der Waals surface area (Å²) in [6.07, 6.45) is 0. The van der Waals surface area contributed by atoms with Crippen LogP contribution in [0.1, 0.15) is 5.56 Å². The summed E-state index contributed by atoms with van der Waals surface area (Å²) in [6.45, 7) is 0.0335. The normalized spacial score (nSPS) is 11.5. The van der Waals surface area contributed by atoms with Gasteiger partial charge in [0.2, 0.25) is 10.0 Å². The van der Waals surface area contributed by atoms with Gasteiger partial charge in [-0.05, 0) is 30.3 Å². The van der Waals surface area contributed by atoms with E-state index in [1.807, 2.05) is 30.3 Å². The largest absolute Gasteiger partial charge is 0.496 e. The Morgan fingerprint density at radius 3 is 2.30 bits per heavy atom. The molecule has 0 aliphatic carbocycles. The number of fused-ring (bicyclic) bond motifs is 1. The highest BCUT2D eigenvalue weighted by Crippen LogP contribution is 2.29. The third-order valence-electron chi connectivity index (χ3n) is 4.78. The lowest BCUT2D eigenvalue weighted by atomic mass is 10.2. The topological polar surface area (TPSA) is 93.3 Å². The van der Waals surface area contributed by atoms with Gasteiger partial charge >= 0.3 is 0 Å². The Bertz CT molecular complexity index is 1260. The van der Waals surface area contributed by atoms with Gasteiger partial charge < -0.3 is 14.5 Å². The summed E-state index contributed by atoms with van der Waals surface area (Å²) in [5.74, 6) is 1.79. The zero-order chi connectivity index (χ0) is 21.1. The van der Waals surface area contributed by atoms with Crippen LogP contribution < -0.4 is 14.2 Å². The van der Waals surface area contributed by atoms with Crippen molar-refractivity contribution in [2.24, 2.45) is 0 Å². The molecule has 0 fully saturated rings. The molecule has 154 valence electrons. The highest BCUT2D eigenvalue weighted by molar-refractivity contribution is 7.89. The molecule has 0 radical (unpaired) electrons. The van der Waals surface area contributed by atoms with E-state index in [0.717, 1.165) is 5.56 Å². The third-order valence-corrected chi connectivity index (χ3v) is 6.18. The van der Waals surface area contributed by atoms with Gasteiger partial charge in [0.25, 0.3) is 0 Å². The van der Waals surface area contributed by atoms with Gasteiger partial charge in [-0.1, -0.05) is 36.4 Å². The van der Waals surface area contributed by atoms with E-state index < -0.39 is 10.0 Å². The maximum Gasteiger partial charge on any atom is 0.240 e. The molecular weight excluding hydrogens is 402 g/mol. The molecule has 7 nitrogen and oxygen atoms in total. The molecule has 0 unspecified atom stereocenters. The Balaban J connectivity index is 1.62. The molecule has 2 N–H and O–H groups in total. The van der Waals surface area contributed by atoms with Crippen molar-refractivity contribution in [2.75, 3.05) is 14.2 Å². The van der Waals surface area contributed by atoms with Crippen LogP contribution in [0.2, 0.25) is 0 Å². The maximum atomic E-state index is 12.9. The summed E-state index contributed by atoms with van der Waals surface area (Å²) >= 11 is 0. The number of aromatic nitrogens is 2. The quantitative estimate of drug-likeness (QED) is 0.473. The highest BCUT2D eigenvalue weighted by Gasteiger charge is 2.18. The predicted molar refractivity (Wildman–Crippen MR) is 115 cm³/mol. The molecule has 4 rings (SSSR count). The molecule has 0 amide bonds. The summed E-state index contributed by atoms with van der Waals surface area (Å²) in [6, 6.07) is 19.8. The monoisotopic (exact) mass is 423 g/mol. The summed E-state index contributed by atoms with van der Waals surface area (Å²) in [5.41, 5.74) is 2.89. The van der Waals surface area contributed by atoms with Crippen LogP contribution >= 0.6 is 0 Å². The van der Waals surface area contributed by atoms with Gasteiger partial charge in [-0.25, -0.2) is 18.1 Å². The summed E-state index contributed by atoms with van der Waals surface area (Å²) < 4.78 is 39.1. The first-order valence-electron chi connectivity index (χ1n) is 9.26. The number of nitrogens with one attached hydrogen (secondary N) is 2.